The highest BCUT2D eigenvalue weighted by Crippen LogP contribution is 2.43. The number of aliphatic hydroxyl groups is 2. The quantitative estimate of drug-likeness (QED) is 0.0310. The second-order valence-corrected chi connectivity index (χ2v) is 22.2. The van der Waals surface area contributed by atoms with Crippen LogP contribution in [0, 0.1) is 0 Å². The van der Waals surface area contributed by atoms with E-state index >= 15 is 0 Å². The highest BCUT2D eigenvalue weighted by Gasteiger charge is 2.26. The number of rotatable bonds is 59. The summed E-state index contributed by atoms with van der Waals surface area (Å²) >= 11 is 0. The predicted molar refractivity (Wildman–Crippen MR) is 288 cm³/mol. The van der Waals surface area contributed by atoms with E-state index in [1.54, 1.807) is 0 Å². The summed E-state index contributed by atoms with van der Waals surface area (Å²) in [5.74, 6) is -0.372. The summed E-state index contributed by atoms with van der Waals surface area (Å²) in [5.41, 5.74) is 0. The van der Waals surface area contributed by atoms with E-state index in [-0.39, 0.29) is 25.6 Å². The molecule has 0 heterocycles. The van der Waals surface area contributed by atoms with Gasteiger partial charge < -0.3 is 24.6 Å². The van der Waals surface area contributed by atoms with Gasteiger partial charge in [0, 0.05) is 13.0 Å². The number of esters is 1. The number of carbonyl (C=O) groups is 1. The number of phosphoric ester groups is 1. The van der Waals surface area contributed by atoms with Crippen LogP contribution in [0.2, 0.25) is 0 Å². The van der Waals surface area contributed by atoms with E-state index in [1.165, 1.54) is 270 Å². The first-order valence-electron chi connectivity index (χ1n) is 30.0. The van der Waals surface area contributed by atoms with Crippen LogP contribution >= 0.6 is 7.82 Å². The van der Waals surface area contributed by atoms with Gasteiger partial charge >= 0.3 is 13.8 Å². The Balaban J connectivity index is 3.74. The molecule has 3 N–H and O–H groups in total. The minimum Gasteiger partial charge on any atom is -0.457 e. The third-order valence-corrected chi connectivity index (χ3v) is 14.7. The van der Waals surface area contributed by atoms with Crippen molar-refractivity contribution in [2.75, 3.05) is 33.0 Å². The second-order valence-electron chi connectivity index (χ2n) is 20.7. The molecule has 0 radical (unpaired) electrons. The minimum absolute atomic E-state index is 0.0583. The molecule has 3 atom stereocenters. The van der Waals surface area contributed by atoms with Crippen molar-refractivity contribution in [1.82, 2.24) is 0 Å². The third kappa shape index (κ3) is 54.8. The van der Waals surface area contributed by atoms with E-state index < -0.39 is 33.2 Å². The lowest BCUT2D eigenvalue weighted by Gasteiger charge is -2.20. The number of hydrogen-bond donors (Lipinski definition) is 3. The maximum atomic E-state index is 12.7. The highest BCUT2D eigenvalue weighted by atomic mass is 31.2. The molecule has 408 valence electrons. The molecule has 1 unspecified atom stereocenters. The van der Waals surface area contributed by atoms with Crippen LogP contribution in [0.25, 0.3) is 0 Å². The zero-order valence-electron chi connectivity index (χ0n) is 45.4. The summed E-state index contributed by atoms with van der Waals surface area (Å²) in [6.45, 7) is 3.60. The van der Waals surface area contributed by atoms with Crippen LogP contribution < -0.4 is 0 Å². The lowest BCUT2D eigenvalue weighted by atomic mass is 10.0. The van der Waals surface area contributed by atoms with Gasteiger partial charge in [0.2, 0.25) is 0 Å². The minimum atomic E-state index is -4.51. The van der Waals surface area contributed by atoms with Gasteiger partial charge in [0.25, 0.3) is 0 Å². The van der Waals surface area contributed by atoms with Crippen LogP contribution in [0.3, 0.4) is 0 Å². The predicted octanol–water partition coefficient (Wildman–Crippen LogP) is 18.2. The molecule has 0 saturated heterocycles. The molecule has 0 aromatic carbocycles. The van der Waals surface area contributed by atoms with Crippen molar-refractivity contribution >= 4 is 13.8 Å². The molecule has 68 heavy (non-hydrogen) atoms. The average molecular weight is 990 g/mol. The van der Waals surface area contributed by atoms with Crippen molar-refractivity contribution in [3.63, 3.8) is 0 Å². The number of aliphatic hydroxyl groups excluding tert-OH is 2. The summed E-state index contributed by atoms with van der Waals surface area (Å²) < 4.78 is 33.5. The van der Waals surface area contributed by atoms with E-state index in [4.69, 9.17) is 23.6 Å². The molecule has 0 fully saturated rings. The zero-order chi connectivity index (χ0) is 49.5. The van der Waals surface area contributed by atoms with Crippen molar-refractivity contribution < 1.29 is 43.0 Å². The van der Waals surface area contributed by atoms with Crippen LogP contribution in [0.15, 0.2) is 0 Å². The van der Waals surface area contributed by atoms with Gasteiger partial charge in [-0.2, -0.15) is 0 Å². The number of unbranched alkanes of at least 4 members (excludes halogenated alkanes) is 45. The van der Waals surface area contributed by atoms with Gasteiger partial charge in [-0.1, -0.05) is 303 Å². The average Bonchev–Trinajstić information content (AvgIpc) is 3.33. The topological polar surface area (TPSA) is 132 Å². The van der Waals surface area contributed by atoms with Gasteiger partial charge in [-0.25, -0.2) is 4.57 Å². The summed E-state index contributed by atoms with van der Waals surface area (Å²) in [4.78, 5) is 22.7. The van der Waals surface area contributed by atoms with Crippen molar-refractivity contribution in [2.45, 2.75) is 334 Å². The molecule has 0 saturated carbocycles. The lowest BCUT2D eigenvalue weighted by Crippen LogP contribution is -2.29. The monoisotopic (exact) mass is 989 g/mol. The lowest BCUT2D eigenvalue weighted by molar-refractivity contribution is -0.154. The first-order valence-corrected chi connectivity index (χ1v) is 31.5. The summed E-state index contributed by atoms with van der Waals surface area (Å²) in [6, 6.07) is 0. The first-order chi connectivity index (χ1) is 33.3. The van der Waals surface area contributed by atoms with Gasteiger partial charge in [-0.05, 0) is 12.8 Å². The van der Waals surface area contributed by atoms with Gasteiger partial charge in [0.15, 0.2) is 0 Å². The molecule has 0 aliphatic rings. The van der Waals surface area contributed by atoms with E-state index in [1.807, 2.05) is 0 Å². The van der Waals surface area contributed by atoms with E-state index in [0.29, 0.717) is 6.61 Å². The molecular weight excluding hydrogens is 872 g/mol. The maximum absolute atomic E-state index is 12.7. The molecule has 0 spiro atoms. The van der Waals surface area contributed by atoms with Crippen molar-refractivity contribution in [2.24, 2.45) is 0 Å². The van der Waals surface area contributed by atoms with Crippen LogP contribution in [-0.4, -0.2) is 66.3 Å². The molecular formula is C58H117O9P. The Labute approximate surface area is 422 Å². The molecule has 0 aromatic heterocycles. The molecule has 0 amide bonds. The molecule has 9 nitrogen and oxygen atoms in total. The standard InChI is InChI=1S/C58H117O9P/c1-3-5-7-9-11-13-15-17-18-19-20-21-22-23-24-25-26-27-28-29-30-31-32-33-34-35-36-37-38-39-40-42-44-46-48-50-58(61)67-57(55-66-68(62,63)65-53-56(60)52-59)54-64-51-49-47-45-43-41-16-14-12-10-8-6-4-2/h56-57,59-60H,3-55H2,1-2H3,(H,62,63)/t56-,57+/m0/s1. The Hall–Kier alpha value is -0.540. The number of hydrogen-bond acceptors (Lipinski definition) is 8. The summed E-state index contributed by atoms with van der Waals surface area (Å²) in [7, 11) is -4.51. The Kier molecular flexibility index (Phi) is 55.3. The van der Waals surface area contributed by atoms with Gasteiger partial charge in [-0.3, -0.25) is 13.8 Å². The van der Waals surface area contributed by atoms with Crippen LogP contribution in [0.5, 0.6) is 0 Å². The Morgan fingerprint density at radius 1 is 0.397 bits per heavy atom. The normalized spacial score (nSPS) is 13.5. The van der Waals surface area contributed by atoms with E-state index in [9.17, 15) is 19.4 Å². The third-order valence-electron chi connectivity index (χ3n) is 13.8. The number of carbonyl (C=O) groups excluding carboxylic acids is 1. The summed E-state index contributed by atoms with van der Waals surface area (Å²) in [6.07, 6.45) is 61.3. The Morgan fingerprint density at radius 3 is 0.956 bits per heavy atom. The molecule has 10 heteroatoms. The number of ether oxygens (including phenoxy) is 2. The van der Waals surface area contributed by atoms with Crippen molar-refractivity contribution in [3.05, 3.63) is 0 Å². The van der Waals surface area contributed by atoms with Gasteiger partial charge in [0.05, 0.1) is 26.4 Å². The molecule has 0 aliphatic carbocycles. The molecule has 0 aromatic rings. The maximum Gasteiger partial charge on any atom is 0.472 e. The molecule has 0 bridgehead atoms. The fraction of sp³-hybridized carbons (Fsp3) is 0.983. The zero-order valence-corrected chi connectivity index (χ0v) is 46.3. The largest absolute Gasteiger partial charge is 0.472 e. The van der Waals surface area contributed by atoms with Crippen LogP contribution in [-0.2, 0) is 27.9 Å². The fourth-order valence-corrected chi connectivity index (χ4v) is 10.0. The van der Waals surface area contributed by atoms with E-state index in [2.05, 4.69) is 13.8 Å². The number of phosphoric acid groups is 1. The highest BCUT2D eigenvalue weighted by molar-refractivity contribution is 7.47. The van der Waals surface area contributed by atoms with Gasteiger partial charge in [0.1, 0.15) is 12.2 Å². The molecule has 0 rings (SSSR count). The van der Waals surface area contributed by atoms with Gasteiger partial charge in [-0.15, -0.1) is 0 Å². The second kappa shape index (κ2) is 55.8. The Bertz CT molecular complexity index is 1030. The van der Waals surface area contributed by atoms with Crippen molar-refractivity contribution in [1.29, 1.82) is 0 Å². The smallest absolute Gasteiger partial charge is 0.457 e. The fourth-order valence-electron chi connectivity index (χ4n) is 9.24. The van der Waals surface area contributed by atoms with Crippen LogP contribution in [0.4, 0.5) is 0 Å². The van der Waals surface area contributed by atoms with E-state index in [0.717, 1.165) is 32.1 Å². The van der Waals surface area contributed by atoms with Crippen LogP contribution in [0.1, 0.15) is 322 Å². The Morgan fingerprint density at radius 2 is 0.662 bits per heavy atom. The molecule has 0 aliphatic heterocycles. The van der Waals surface area contributed by atoms with Crippen molar-refractivity contribution in [3.8, 4) is 0 Å². The SMILES string of the molecule is CCCCCCCCCCCCCCCCCCCCCCCCCCCCCCCCCCCCCC(=O)O[C@H](COCCCCCCCCCCCCCC)COP(=O)(O)OC[C@@H](O)CO. The summed E-state index contributed by atoms with van der Waals surface area (Å²) in [5, 5.41) is 18.4. The first kappa shape index (κ1) is 67.5.